The van der Waals surface area contributed by atoms with E-state index in [1.807, 2.05) is 18.2 Å². The zero-order valence-corrected chi connectivity index (χ0v) is 65.7. The third-order valence-corrected chi connectivity index (χ3v) is 19.9. The number of carbonyl (C=O) groups excluding carboxylic acids is 9. The Morgan fingerprint density at radius 1 is 0.664 bits per heavy atom. The number of carbonyl (C=O) groups is 9. The third kappa shape index (κ3) is 26.3. The first kappa shape index (κ1) is 87.0. The summed E-state index contributed by atoms with van der Waals surface area (Å²) < 4.78 is 67.3. The van der Waals surface area contributed by atoms with Crippen LogP contribution in [-0.2, 0) is 74.7 Å². The summed E-state index contributed by atoms with van der Waals surface area (Å²) in [6, 6.07) is 24.0. The molecule has 5 aromatic carbocycles. The summed E-state index contributed by atoms with van der Waals surface area (Å²) in [5.74, 6) is -3.09. The lowest BCUT2D eigenvalue weighted by Gasteiger charge is -2.25. The molecule has 8 rings (SSSR count). The lowest BCUT2D eigenvalue weighted by Crippen LogP contribution is -2.54. The van der Waals surface area contributed by atoms with E-state index in [-0.39, 0.29) is 142 Å². The van der Waals surface area contributed by atoms with Crippen molar-refractivity contribution >= 4 is 139 Å². The molecule has 1 aromatic heterocycles. The normalized spacial score (nSPS) is 13.7. The van der Waals surface area contributed by atoms with E-state index in [4.69, 9.17) is 64.5 Å². The second-order valence-electron chi connectivity index (χ2n) is 25.7. The number of phosphoric ester groups is 1. The van der Waals surface area contributed by atoms with Crippen LogP contribution in [0.4, 0.5) is 31.4 Å². The molecule has 3 atom stereocenters. The summed E-state index contributed by atoms with van der Waals surface area (Å²) in [4.78, 5) is 146. The Morgan fingerprint density at radius 2 is 1.25 bits per heavy atom. The Kier molecular flexibility index (Phi) is 35.1. The van der Waals surface area contributed by atoms with Crippen molar-refractivity contribution in [2.45, 2.75) is 64.1 Å². The standard InChI is InChI=1S/C74H95BrClN10O22PS/c1-48(2)67(82-64(87)22-29-100-32-34-102-36-38-104-40-41-105-39-37-103-35-33-101-30-24-78-65(88)44-75)69(90)81-57(14-9-23-79-72(77)93)68(89)80-51-17-15-49(16-18-51)47-106-73(94)83(3)26-27-84(28-31-99-4)74(95)107-60-42-58-53(52-10-5-6-11-54(52)60)21-25-85(58)70(91)62-19-20-63(110-62)71(92)86-46-50(45-76)66-56-13-8-7-12-55(56)61(43-59(66)86)108-109(96,97)98/h5-8,10-13,15-20,42-43,48,50,57,67H,9,14,21-41,44-47H2,1-4H3,(H,78,88)(H,80,89)(H,81,90)(H,82,87)(H3,77,79,93)(H2,96,97,98)/t50-,57+,67?/m1/s1. The van der Waals surface area contributed by atoms with E-state index in [0.29, 0.717) is 111 Å². The van der Waals surface area contributed by atoms with Gasteiger partial charge in [0.15, 0.2) is 0 Å². The smallest absolute Gasteiger partial charge is 0.445 e. The summed E-state index contributed by atoms with van der Waals surface area (Å²) in [6.07, 6.45) is -0.708. The van der Waals surface area contributed by atoms with E-state index in [2.05, 4.69) is 42.5 Å². The molecule has 598 valence electrons. The molecule has 9 N–H and O–H groups in total. The minimum atomic E-state index is -5.00. The molecule has 110 heavy (non-hydrogen) atoms. The van der Waals surface area contributed by atoms with Crippen molar-refractivity contribution in [3.63, 3.8) is 0 Å². The number of benzene rings is 5. The van der Waals surface area contributed by atoms with Crippen molar-refractivity contribution in [1.29, 1.82) is 0 Å². The Morgan fingerprint density at radius 3 is 1.84 bits per heavy atom. The highest BCUT2D eigenvalue weighted by atomic mass is 79.9. The highest BCUT2D eigenvalue weighted by molar-refractivity contribution is 9.09. The zero-order chi connectivity index (χ0) is 79.1. The fourth-order valence-electron chi connectivity index (χ4n) is 12.0. The molecular formula is C74H95BrClN10O22PS. The third-order valence-electron chi connectivity index (χ3n) is 17.5. The Labute approximate surface area is 654 Å². The molecule has 0 aliphatic carbocycles. The molecule has 0 bridgehead atoms. The van der Waals surface area contributed by atoms with Crippen molar-refractivity contribution in [1.82, 2.24) is 31.1 Å². The molecular weight excluding hydrogens is 1560 g/mol. The summed E-state index contributed by atoms with van der Waals surface area (Å²) in [6.45, 7) is 8.50. The van der Waals surface area contributed by atoms with Crippen LogP contribution < -0.4 is 51.4 Å². The number of fused-ring (bicyclic) bond motifs is 6. The van der Waals surface area contributed by atoms with Crippen molar-refractivity contribution < 1.29 is 105 Å². The maximum Gasteiger partial charge on any atom is 0.524 e. The molecule has 36 heteroatoms. The van der Waals surface area contributed by atoms with E-state index in [9.17, 15) is 57.5 Å². The van der Waals surface area contributed by atoms with Crippen LogP contribution in [0.2, 0.25) is 0 Å². The first-order valence-electron chi connectivity index (χ1n) is 35.8. The minimum Gasteiger partial charge on any atom is -0.445 e. The number of rotatable bonds is 46. The number of anilines is 3. The van der Waals surface area contributed by atoms with E-state index in [1.54, 1.807) is 91.5 Å². The van der Waals surface area contributed by atoms with Gasteiger partial charge in [-0.15, -0.1) is 22.9 Å². The lowest BCUT2D eigenvalue weighted by atomic mass is 9.95. The van der Waals surface area contributed by atoms with Gasteiger partial charge in [0.05, 0.1) is 112 Å². The molecule has 0 saturated carbocycles. The van der Waals surface area contributed by atoms with Gasteiger partial charge in [-0.05, 0) is 76.9 Å². The number of nitrogens with one attached hydrogen (secondary N) is 5. The minimum absolute atomic E-state index is 0.00732. The molecule has 2 aliphatic rings. The number of primary amides is 1. The van der Waals surface area contributed by atoms with E-state index >= 15 is 0 Å². The van der Waals surface area contributed by atoms with Crippen LogP contribution in [0, 0.1) is 5.92 Å². The fraction of sp³-hybridized carbons (Fsp3) is 0.473. The number of hydrogen-bond donors (Lipinski definition) is 8. The van der Waals surface area contributed by atoms with Crippen LogP contribution in [0.25, 0.3) is 21.5 Å². The number of halogens is 2. The van der Waals surface area contributed by atoms with Gasteiger partial charge in [-0.2, -0.15) is 0 Å². The Balaban J connectivity index is 0.773. The average molecular weight is 1660 g/mol. The number of methoxy groups -OCH3 is 1. The largest absolute Gasteiger partial charge is 0.524 e. The van der Waals surface area contributed by atoms with Gasteiger partial charge in [0.2, 0.25) is 23.6 Å². The number of hydrogen-bond acceptors (Lipinski definition) is 21. The number of phosphoric acid groups is 1. The second kappa shape index (κ2) is 44.4. The molecule has 32 nitrogen and oxygen atoms in total. The van der Waals surface area contributed by atoms with Gasteiger partial charge in [0.1, 0.15) is 30.2 Å². The Hall–Kier alpha value is -8.61. The number of nitrogens with two attached hydrogens (primary N) is 1. The molecule has 2 aliphatic heterocycles. The van der Waals surface area contributed by atoms with Crippen LogP contribution in [-0.4, -0.2) is 242 Å². The maximum absolute atomic E-state index is 14.6. The SMILES string of the molecule is COCCN(CCN(C)C(=O)OCc1ccc(NC(=O)[C@H](CCCNC(N)=O)NC(=O)C(NC(=O)CCOCCOCCOCCOCCOCCOCCNC(=O)CBr)C(C)C)cc1)C(=O)Oc1cc2c(c3ccccc13)CCN2C(=O)c1ccc(C(=O)N2C[C@@H](CCl)c3c2cc(OP(=O)(O)O)c2ccccc32)s1. The van der Waals surface area contributed by atoms with Gasteiger partial charge in [0, 0.05) is 107 Å². The zero-order valence-electron chi connectivity index (χ0n) is 61.7. The Bertz CT molecular complexity index is 4160. The average Bonchev–Trinajstić information content (AvgIpc) is 1.57. The predicted molar refractivity (Wildman–Crippen MR) is 415 cm³/mol. The van der Waals surface area contributed by atoms with Crippen molar-refractivity contribution in [3.05, 3.63) is 124 Å². The molecule has 1 unspecified atom stereocenters. The molecule has 6 aromatic rings. The molecule has 3 heterocycles. The summed E-state index contributed by atoms with van der Waals surface area (Å²) in [5.41, 5.74) is 8.63. The molecule has 0 fully saturated rings. The predicted octanol–water partition coefficient (Wildman–Crippen LogP) is 7.44. The second-order valence-corrected chi connectivity index (χ2v) is 28.8. The highest BCUT2D eigenvalue weighted by Crippen LogP contribution is 2.50. The lowest BCUT2D eigenvalue weighted by molar-refractivity contribution is -0.132. The van der Waals surface area contributed by atoms with Crippen molar-refractivity contribution in [2.75, 3.05) is 172 Å². The van der Waals surface area contributed by atoms with Crippen LogP contribution in [0.5, 0.6) is 11.5 Å². The van der Waals surface area contributed by atoms with Gasteiger partial charge in [0.25, 0.3) is 11.8 Å². The number of urea groups is 1. The fourth-order valence-corrected chi connectivity index (χ4v) is 13.8. The van der Waals surface area contributed by atoms with Gasteiger partial charge in [-0.3, -0.25) is 38.6 Å². The van der Waals surface area contributed by atoms with Crippen LogP contribution in [0.1, 0.15) is 75.1 Å². The highest BCUT2D eigenvalue weighted by Gasteiger charge is 2.38. The van der Waals surface area contributed by atoms with Gasteiger partial charge in [-0.1, -0.05) is 90.4 Å². The molecule has 10 amide bonds. The maximum atomic E-state index is 14.6. The van der Waals surface area contributed by atoms with E-state index < -0.39 is 67.7 Å². The number of alkyl halides is 2. The number of likely N-dealkylation sites (N-methyl/N-ethyl adjacent to an activating group) is 1. The summed E-state index contributed by atoms with van der Waals surface area (Å²) in [7, 11) is -2.02. The first-order chi connectivity index (χ1) is 53.0. The molecule has 0 spiro atoms. The van der Waals surface area contributed by atoms with Crippen LogP contribution >= 0.6 is 46.7 Å². The van der Waals surface area contributed by atoms with Gasteiger partial charge < -0.3 is 99.1 Å². The van der Waals surface area contributed by atoms with E-state index in [0.717, 1.165) is 27.8 Å². The monoisotopic (exact) mass is 1650 g/mol. The van der Waals surface area contributed by atoms with Gasteiger partial charge >= 0.3 is 26.0 Å². The van der Waals surface area contributed by atoms with Crippen LogP contribution in [0.15, 0.2) is 97.1 Å². The van der Waals surface area contributed by atoms with Crippen LogP contribution in [0.3, 0.4) is 0 Å². The van der Waals surface area contributed by atoms with E-state index in [1.165, 1.54) is 34.9 Å². The topological polar surface area (TPSA) is 403 Å². The summed E-state index contributed by atoms with van der Waals surface area (Å²) >= 11 is 10.6. The van der Waals surface area contributed by atoms with Crippen molar-refractivity contribution in [2.24, 2.45) is 11.7 Å². The van der Waals surface area contributed by atoms with Gasteiger partial charge in [-0.25, -0.2) is 18.9 Å². The number of thiophene rings is 1. The number of amides is 10. The molecule has 0 saturated heterocycles. The first-order valence-corrected chi connectivity index (χ1v) is 39.8. The van der Waals surface area contributed by atoms with Crippen molar-refractivity contribution in [3.8, 4) is 11.5 Å². The number of nitrogens with zero attached hydrogens (tertiary/aromatic N) is 4. The quantitative estimate of drug-likeness (QED) is 0.0104. The number of ether oxygens (including phenoxy) is 9. The molecule has 0 radical (unpaired) electrons. The summed E-state index contributed by atoms with van der Waals surface area (Å²) in [5, 5.41) is 16.2.